The van der Waals surface area contributed by atoms with E-state index in [1.54, 1.807) is 16.4 Å². The number of H-pyrrole nitrogens is 1. The first-order chi connectivity index (χ1) is 14.0. The Kier molecular flexibility index (Phi) is 6.14. The number of hydrogen-bond donors (Lipinski definition) is 2. The second-order valence-corrected chi connectivity index (χ2v) is 8.79. The van der Waals surface area contributed by atoms with E-state index in [1.807, 2.05) is 20.8 Å². The number of nitrogens with one attached hydrogen (secondary N) is 2. The van der Waals surface area contributed by atoms with Gasteiger partial charge in [-0.05, 0) is 52.9 Å². The van der Waals surface area contributed by atoms with Gasteiger partial charge >= 0.3 is 11.8 Å². The van der Waals surface area contributed by atoms with Gasteiger partial charge in [-0.25, -0.2) is 14.6 Å². The summed E-state index contributed by atoms with van der Waals surface area (Å²) in [6.45, 7) is 10.5. The monoisotopic (exact) mass is 418 g/mol. The minimum atomic E-state index is -0.499. The number of imidazole rings is 1. The third-order valence-electron chi connectivity index (χ3n) is 5.12. The van der Waals surface area contributed by atoms with Crippen LogP contribution in [0.25, 0.3) is 11.2 Å². The van der Waals surface area contributed by atoms with Gasteiger partial charge < -0.3 is 14.6 Å². The fraction of sp³-hybridized carbons (Fsp3) is 0.650. The van der Waals surface area contributed by atoms with Crippen LogP contribution in [0.4, 0.5) is 10.7 Å². The van der Waals surface area contributed by atoms with Gasteiger partial charge in [-0.3, -0.25) is 14.7 Å². The van der Waals surface area contributed by atoms with E-state index in [-0.39, 0.29) is 23.6 Å². The van der Waals surface area contributed by atoms with Crippen molar-refractivity contribution in [2.45, 2.75) is 66.0 Å². The predicted molar refractivity (Wildman–Crippen MR) is 112 cm³/mol. The summed E-state index contributed by atoms with van der Waals surface area (Å²) in [5.74, 6) is 0.319. The Morgan fingerprint density at radius 3 is 2.50 bits per heavy atom. The molecule has 1 aliphatic rings. The first-order valence-corrected chi connectivity index (χ1v) is 10.3. The van der Waals surface area contributed by atoms with Gasteiger partial charge in [-0.1, -0.05) is 0 Å². The molecule has 10 heteroatoms. The van der Waals surface area contributed by atoms with Crippen molar-refractivity contribution in [1.82, 2.24) is 24.4 Å². The summed E-state index contributed by atoms with van der Waals surface area (Å²) in [7, 11) is 0. The molecule has 0 unspecified atom stereocenters. The number of aryl methyl sites for hydroxylation is 2. The summed E-state index contributed by atoms with van der Waals surface area (Å²) in [6.07, 6.45) is 2.25. The smallest absolute Gasteiger partial charge is 0.410 e. The molecule has 0 spiro atoms. The molecule has 0 radical (unpaired) electrons. The van der Waals surface area contributed by atoms with Gasteiger partial charge in [0, 0.05) is 26.6 Å². The minimum Gasteiger partial charge on any atom is -0.444 e. The molecule has 2 amide bonds. The molecule has 2 aromatic heterocycles. The van der Waals surface area contributed by atoms with Crippen molar-refractivity contribution in [3.63, 3.8) is 0 Å². The van der Waals surface area contributed by atoms with E-state index in [9.17, 15) is 14.4 Å². The van der Waals surface area contributed by atoms with Crippen molar-refractivity contribution in [2.75, 3.05) is 18.4 Å². The topological polar surface area (TPSA) is 122 Å². The normalized spacial score (nSPS) is 15.4. The number of fused-ring (bicyclic) bond motifs is 1. The molecule has 0 aliphatic carbocycles. The quantitative estimate of drug-likeness (QED) is 0.786. The number of amides is 2. The fourth-order valence-corrected chi connectivity index (χ4v) is 3.63. The average Bonchev–Trinajstić information content (AvgIpc) is 2.94. The van der Waals surface area contributed by atoms with Crippen LogP contribution >= 0.6 is 0 Å². The van der Waals surface area contributed by atoms with E-state index < -0.39 is 5.60 Å². The molecule has 3 rings (SSSR count). The number of anilines is 1. The van der Waals surface area contributed by atoms with Gasteiger partial charge in [-0.15, -0.1) is 0 Å². The van der Waals surface area contributed by atoms with E-state index in [2.05, 4.69) is 20.3 Å². The lowest BCUT2D eigenvalue weighted by molar-refractivity contribution is -0.114. The van der Waals surface area contributed by atoms with E-state index in [0.29, 0.717) is 42.4 Å². The summed E-state index contributed by atoms with van der Waals surface area (Å²) in [4.78, 5) is 49.1. The van der Waals surface area contributed by atoms with Crippen molar-refractivity contribution in [3.05, 3.63) is 16.2 Å². The molecule has 10 nitrogen and oxygen atoms in total. The maximum atomic E-state index is 12.5. The number of hydrogen-bond acceptors (Lipinski definition) is 6. The molecule has 1 saturated heterocycles. The number of carbonyl (C=O) groups excluding carboxylic acids is 2. The van der Waals surface area contributed by atoms with Crippen LogP contribution in [0.3, 0.4) is 0 Å². The van der Waals surface area contributed by atoms with Gasteiger partial charge in [-0.2, -0.15) is 4.98 Å². The maximum absolute atomic E-state index is 12.5. The van der Waals surface area contributed by atoms with Crippen LogP contribution < -0.4 is 11.0 Å². The maximum Gasteiger partial charge on any atom is 0.410 e. The highest BCUT2D eigenvalue weighted by molar-refractivity contribution is 5.87. The van der Waals surface area contributed by atoms with E-state index >= 15 is 0 Å². The third kappa shape index (κ3) is 5.17. The molecular weight excluding hydrogens is 388 g/mol. The van der Waals surface area contributed by atoms with Crippen molar-refractivity contribution in [3.8, 4) is 0 Å². The molecule has 2 N–H and O–H groups in total. The molecule has 2 aromatic rings. The van der Waals surface area contributed by atoms with Crippen LogP contribution in [0.5, 0.6) is 0 Å². The van der Waals surface area contributed by atoms with Gasteiger partial charge in [0.15, 0.2) is 5.65 Å². The molecule has 1 fully saturated rings. The number of likely N-dealkylation sites (tertiary alicyclic amines) is 1. The SMILES string of the molecule is CC(=O)Nc1nc(C)c2[nH]c(=O)n(CCC3CCN(C(=O)OC(C)(C)C)CC3)c2n1. The summed E-state index contributed by atoms with van der Waals surface area (Å²) in [5, 5.41) is 2.57. The molecule has 0 aromatic carbocycles. The van der Waals surface area contributed by atoms with E-state index in [0.717, 1.165) is 19.3 Å². The molecule has 0 atom stereocenters. The van der Waals surface area contributed by atoms with Gasteiger partial charge in [0.2, 0.25) is 11.9 Å². The molecule has 0 saturated carbocycles. The summed E-state index contributed by atoms with van der Waals surface area (Å²) in [6, 6.07) is 0. The second kappa shape index (κ2) is 8.45. The summed E-state index contributed by atoms with van der Waals surface area (Å²) >= 11 is 0. The largest absolute Gasteiger partial charge is 0.444 e. The molecule has 30 heavy (non-hydrogen) atoms. The third-order valence-corrected chi connectivity index (χ3v) is 5.12. The zero-order valence-corrected chi connectivity index (χ0v) is 18.2. The number of rotatable bonds is 4. The van der Waals surface area contributed by atoms with Gasteiger partial charge in [0.1, 0.15) is 11.1 Å². The Labute approximate surface area is 175 Å². The van der Waals surface area contributed by atoms with Crippen molar-refractivity contribution in [2.24, 2.45) is 5.92 Å². The van der Waals surface area contributed by atoms with Crippen LogP contribution in [0.2, 0.25) is 0 Å². The van der Waals surface area contributed by atoms with E-state index in [4.69, 9.17) is 4.74 Å². The number of aromatic nitrogens is 4. The Balaban J connectivity index is 1.65. The fourth-order valence-electron chi connectivity index (χ4n) is 3.63. The second-order valence-electron chi connectivity index (χ2n) is 8.79. The zero-order chi connectivity index (χ0) is 22.1. The van der Waals surface area contributed by atoms with Crippen molar-refractivity contribution in [1.29, 1.82) is 0 Å². The first-order valence-electron chi connectivity index (χ1n) is 10.3. The predicted octanol–water partition coefficient (Wildman–Crippen LogP) is 2.42. The number of aromatic amines is 1. The van der Waals surface area contributed by atoms with Crippen molar-refractivity contribution >= 4 is 29.1 Å². The lowest BCUT2D eigenvalue weighted by Gasteiger charge is -2.33. The average molecular weight is 418 g/mol. The summed E-state index contributed by atoms with van der Waals surface area (Å²) < 4.78 is 7.03. The minimum absolute atomic E-state index is 0.186. The van der Waals surface area contributed by atoms with Crippen LogP contribution in [-0.2, 0) is 16.1 Å². The highest BCUT2D eigenvalue weighted by Crippen LogP contribution is 2.23. The lowest BCUT2D eigenvalue weighted by Crippen LogP contribution is -2.41. The van der Waals surface area contributed by atoms with Crippen LogP contribution in [0, 0.1) is 12.8 Å². The molecule has 3 heterocycles. The van der Waals surface area contributed by atoms with Gasteiger partial charge in [0.05, 0.1) is 5.69 Å². The Bertz CT molecular complexity index is 995. The number of nitrogens with zero attached hydrogens (tertiary/aromatic N) is 4. The van der Waals surface area contributed by atoms with Crippen molar-refractivity contribution < 1.29 is 14.3 Å². The lowest BCUT2D eigenvalue weighted by atomic mass is 9.94. The Hall–Kier alpha value is -2.91. The van der Waals surface area contributed by atoms with Crippen LogP contribution in [0.1, 0.15) is 52.7 Å². The van der Waals surface area contributed by atoms with Gasteiger partial charge in [0.25, 0.3) is 0 Å². The van der Waals surface area contributed by atoms with Crippen LogP contribution in [-0.4, -0.2) is 55.1 Å². The first kappa shape index (κ1) is 21.8. The number of piperidine rings is 1. The van der Waals surface area contributed by atoms with E-state index in [1.165, 1.54) is 6.92 Å². The number of carbonyl (C=O) groups is 2. The van der Waals surface area contributed by atoms with Crippen LogP contribution in [0.15, 0.2) is 4.79 Å². The number of ether oxygens (including phenoxy) is 1. The highest BCUT2D eigenvalue weighted by Gasteiger charge is 2.27. The molecular formula is C20H30N6O4. The zero-order valence-electron chi connectivity index (χ0n) is 18.2. The summed E-state index contributed by atoms with van der Waals surface area (Å²) in [5.41, 5.74) is 0.927. The Morgan fingerprint density at radius 2 is 1.90 bits per heavy atom. The molecule has 0 bridgehead atoms. The standard InChI is InChI=1S/C20H30N6O4/c1-12-15-16(24-17(21-12)22-13(2)27)26(18(28)23-15)11-8-14-6-9-25(10-7-14)19(29)30-20(3,4)5/h14H,6-11H2,1-5H3,(H,23,28)(H,21,22,24,27). The molecule has 1 aliphatic heterocycles. The molecule has 164 valence electrons. The Morgan fingerprint density at radius 1 is 1.23 bits per heavy atom. The highest BCUT2D eigenvalue weighted by atomic mass is 16.6.